The van der Waals surface area contributed by atoms with E-state index in [1.165, 1.54) is 12.8 Å². The molecule has 0 aliphatic rings. The van der Waals surface area contributed by atoms with E-state index in [2.05, 4.69) is 11.9 Å². The second kappa shape index (κ2) is 6.55. The average Bonchev–Trinajstić information content (AvgIpc) is 2.25. The second-order valence-electron chi connectivity index (χ2n) is 3.72. The lowest BCUT2D eigenvalue weighted by Gasteiger charge is -2.12. The van der Waals surface area contributed by atoms with Crippen molar-refractivity contribution in [3.05, 3.63) is 30.1 Å². The van der Waals surface area contributed by atoms with Gasteiger partial charge in [0.2, 0.25) is 0 Å². The number of nitrogens with zero attached hydrogens (tertiary/aromatic N) is 1. The van der Waals surface area contributed by atoms with Crippen LogP contribution in [-0.2, 0) is 6.42 Å². The van der Waals surface area contributed by atoms with E-state index in [9.17, 15) is 5.11 Å². The summed E-state index contributed by atoms with van der Waals surface area (Å²) in [5.74, 6) is 0.379. The van der Waals surface area contributed by atoms with Gasteiger partial charge in [0.25, 0.3) is 0 Å². The van der Waals surface area contributed by atoms with Crippen molar-refractivity contribution >= 4 is 0 Å². The zero-order valence-corrected chi connectivity index (χ0v) is 8.82. The van der Waals surface area contributed by atoms with Gasteiger partial charge in [-0.2, -0.15) is 0 Å². The maximum absolute atomic E-state index is 9.19. The fraction of sp³-hybridized carbons (Fsp3) is 0.583. The number of aliphatic hydroxyl groups is 1. The Kier molecular flexibility index (Phi) is 5.23. The van der Waals surface area contributed by atoms with E-state index >= 15 is 0 Å². The van der Waals surface area contributed by atoms with Gasteiger partial charge in [0.05, 0.1) is 0 Å². The highest BCUT2D eigenvalue weighted by Crippen LogP contribution is 2.13. The van der Waals surface area contributed by atoms with Crippen molar-refractivity contribution in [2.45, 2.75) is 32.6 Å². The summed E-state index contributed by atoms with van der Waals surface area (Å²) in [6, 6.07) is 5.94. The van der Waals surface area contributed by atoms with Crippen LogP contribution in [0.5, 0.6) is 0 Å². The van der Waals surface area contributed by atoms with Crippen molar-refractivity contribution in [1.29, 1.82) is 0 Å². The van der Waals surface area contributed by atoms with Gasteiger partial charge in [-0.3, -0.25) is 4.98 Å². The molecule has 0 fully saturated rings. The van der Waals surface area contributed by atoms with Crippen LogP contribution in [0.15, 0.2) is 24.4 Å². The van der Waals surface area contributed by atoms with E-state index in [1.54, 1.807) is 0 Å². The molecule has 2 nitrogen and oxygen atoms in total. The van der Waals surface area contributed by atoms with E-state index in [0.717, 1.165) is 18.5 Å². The predicted molar refractivity (Wildman–Crippen MR) is 58.0 cm³/mol. The molecule has 14 heavy (non-hydrogen) atoms. The second-order valence-corrected chi connectivity index (χ2v) is 3.72. The van der Waals surface area contributed by atoms with Gasteiger partial charge in [-0.05, 0) is 30.9 Å². The van der Waals surface area contributed by atoms with Crippen molar-refractivity contribution < 1.29 is 5.11 Å². The van der Waals surface area contributed by atoms with Crippen LogP contribution in [0, 0.1) is 5.92 Å². The van der Waals surface area contributed by atoms with E-state index in [0.29, 0.717) is 5.92 Å². The van der Waals surface area contributed by atoms with Crippen molar-refractivity contribution in [2.24, 2.45) is 5.92 Å². The van der Waals surface area contributed by atoms with E-state index in [1.807, 2.05) is 24.4 Å². The zero-order valence-electron chi connectivity index (χ0n) is 8.82. The number of unbranched alkanes of at least 4 members (excludes halogenated alkanes) is 1. The third kappa shape index (κ3) is 3.88. The minimum Gasteiger partial charge on any atom is -0.396 e. The Hall–Kier alpha value is -0.890. The Morgan fingerprint density at radius 3 is 2.86 bits per heavy atom. The molecule has 0 saturated carbocycles. The molecule has 0 radical (unpaired) electrons. The molecule has 1 unspecified atom stereocenters. The fourth-order valence-electron chi connectivity index (χ4n) is 1.57. The molecular formula is C12H19NO. The van der Waals surface area contributed by atoms with Gasteiger partial charge in [0.15, 0.2) is 0 Å². The molecule has 1 atom stereocenters. The SMILES string of the molecule is CCCCC(CO)Cc1ccccn1. The van der Waals surface area contributed by atoms with E-state index < -0.39 is 0 Å². The molecule has 2 heteroatoms. The van der Waals surface area contributed by atoms with Gasteiger partial charge >= 0.3 is 0 Å². The van der Waals surface area contributed by atoms with Crippen LogP contribution in [-0.4, -0.2) is 16.7 Å². The van der Waals surface area contributed by atoms with Gasteiger partial charge in [0, 0.05) is 18.5 Å². The van der Waals surface area contributed by atoms with Crippen molar-refractivity contribution in [1.82, 2.24) is 4.98 Å². The van der Waals surface area contributed by atoms with Crippen LogP contribution >= 0.6 is 0 Å². The first-order chi connectivity index (χ1) is 6.86. The Morgan fingerprint density at radius 1 is 1.43 bits per heavy atom. The average molecular weight is 193 g/mol. The van der Waals surface area contributed by atoms with Crippen LogP contribution < -0.4 is 0 Å². The number of aliphatic hydroxyl groups excluding tert-OH is 1. The fourth-order valence-corrected chi connectivity index (χ4v) is 1.57. The molecule has 0 aliphatic carbocycles. The molecule has 1 aromatic rings. The molecule has 1 heterocycles. The van der Waals surface area contributed by atoms with Crippen molar-refractivity contribution in [2.75, 3.05) is 6.61 Å². The largest absolute Gasteiger partial charge is 0.396 e. The summed E-state index contributed by atoms with van der Waals surface area (Å²) in [4.78, 5) is 4.26. The highest BCUT2D eigenvalue weighted by molar-refractivity contribution is 5.04. The molecular weight excluding hydrogens is 174 g/mol. The first-order valence-electron chi connectivity index (χ1n) is 5.37. The summed E-state index contributed by atoms with van der Waals surface area (Å²) < 4.78 is 0. The maximum Gasteiger partial charge on any atom is 0.0463 e. The van der Waals surface area contributed by atoms with Gasteiger partial charge < -0.3 is 5.11 Å². The summed E-state index contributed by atoms with van der Waals surface area (Å²) in [6.07, 6.45) is 6.20. The summed E-state index contributed by atoms with van der Waals surface area (Å²) in [6.45, 7) is 2.45. The van der Waals surface area contributed by atoms with Gasteiger partial charge in [-0.1, -0.05) is 25.8 Å². The number of aromatic nitrogens is 1. The first-order valence-corrected chi connectivity index (χ1v) is 5.37. The summed E-state index contributed by atoms with van der Waals surface area (Å²) in [7, 11) is 0. The molecule has 1 rings (SSSR count). The molecule has 0 bridgehead atoms. The first kappa shape index (κ1) is 11.2. The summed E-state index contributed by atoms with van der Waals surface area (Å²) >= 11 is 0. The Balaban J connectivity index is 2.40. The van der Waals surface area contributed by atoms with Crippen LogP contribution in [0.4, 0.5) is 0 Å². The Labute approximate surface area is 86.0 Å². The Bertz CT molecular complexity index is 235. The third-order valence-corrected chi connectivity index (χ3v) is 2.45. The standard InChI is InChI=1S/C12H19NO/c1-2-3-6-11(10-14)9-12-7-4-5-8-13-12/h4-5,7-8,11,14H,2-3,6,9-10H2,1H3. The lowest BCUT2D eigenvalue weighted by atomic mass is 9.97. The molecule has 0 aromatic carbocycles. The number of hydrogen-bond acceptors (Lipinski definition) is 2. The van der Waals surface area contributed by atoms with E-state index in [-0.39, 0.29) is 6.61 Å². The lowest BCUT2D eigenvalue weighted by Crippen LogP contribution is -2.10. The van der Waals surface area contributed by atoms with Gasteiger partial charge in [-0.15, -0.1) is 0 Å². The molecule has 0 aliphatic heterocycles. The smallest absolute Gasteiger partial charge is 0.0463 e. The van der Waals surface area contributed by atoms with E-state index in [4.69, 9.17) is 0 Å². The molecule has 0 amide bonds. The van der Waals surface area contributed by atoms with Crippen LogP contribution in [0.1, 0.15) is 31.9 Å². The zero-order chi connectivity index (χ0) is 10.2. The van der Waals surface area contributed by atoms with Gasteiger partial charge in [-0.25, -0.2) is 0 Å². The minimum atomic E-state index is 0.274. The Morgan fingerprint density at radius 2 is 2.29 bits per heavy atom. The monoisotopic (exact) mass is 193 g/mol. The van der Waals surface area contributed by atoms with Crippen LogP contribution in [0.3, 0.4) is 0 Å². The normalized spacial score (nSPS) is 12.7. The third-order valence-electron chi connectivity index (χ3n) is 2.45. The van der Waals surface area contributed by atoms with Crippen LogP contribution in [0.2, 0.25) is 0 Å². The van der Waals surface area contributed by atoms with Gasteiger partial charge in [0.1, 0.15) is 0 Å². The predicted octanol–water partition coefficient (Wildman–Crippen LogP) is 2.42. The highest BCUT2D eigenvalue weighted by Gasteiger charge is 2.08. The molecule has 0 spiro atoms. The quantitative estimate of drug-likeness (QED) is 0.752. The molecule has 1 aromatic heterocycles. The molecule has 78 valence electrons. The minimum absolute atomic E-state index is 0.274. The highest BCUT2D eigenvalue weighted by atomic mass is 16.3. The van der Waals surface area contributed by atoms with Crippen LogP contribution in [0.25, 0.3) is 0 Å². The topological polar surface area (TPSA) is 33.1 Å². The summed E-state index contributed by atoms with van der Waals surface area (Å²) in [5, 5.41) is 9.19. The van der Waals surface area contributed by atoms with Crippen molar-refractivity contribution in [3.63, 3.8) is 0 Å². The number of rotatable bonds is 6. The molecule has 0 saturated heterocycles. The maximum atomic E-state index is 9.19. The number of pyridine rings is 1. The van der Waals surface area contributed by atoms with Crippen molar-refractivity contribution in [3.8, 4) is 0 Å². The number of hydrogen-bond donors (Lipinski definition) is 1. The summed E-state index contributed by atoms with van der Waals surface area (Å²) in [5.41, 5.74) is 1.09. The molecule has 1 N–H and O–H groups in total. The lowest BCUT2D eigenvalue weighted by molar-refractivity contribution is 0.214.